The van der Waals surface area contributed by atoms with Crippen molar-refractivity contribution in [3.05, 3.63) is 0 Å². The predicted molar refractivity (Wildman–Crippen MR) is 162 cm³/mol. The van der Waals surface area contributed by atoms with Gasteiger partial charge in [0.1, 0.15) is 0 Å². The molecule has 221 valence electrons. The topological polar surface area (TPSA) is 78.9 Å². The molecule has 0 atom stereocenters. The van der Waals surface area contributed by atoms with Crippen LogP contribution >= 0.6 is 36.7 Å². The van der Waals surface area contributed by atoms with Gasteiger partial charge < -0.3 is 30.0 Å². The number of rotatable bonds is 18. The van der Waals surface area contributed by atoms with Crippen molar-refractivity contribution in [1.29, 1.82) is 0 Å². The van der Waals surface area contributed by atoms with E-state index in [0.717, 1.165) is 116 Å². The fraction of sp³-hybridized carbons (Fsp3) is 0.889. The summed E-state index contributed by atoms with van der Waals surface area (Å²) in [6.07, 6.45) is 13.1. The zero-order chi connectivity index (χ0) is 28.2. The van der Waals surface area contributed by atoms with Crippen molar-refractivity contribution in [2.24, 2.45) is 0 Å². The summed E-state index contributed by atoms with van der Waals surface area (Å²) in [7, 11) is 0. The van der Waals surface area contributed by atoms with Crippen LogP contribution in [0.15, 0.2) is 0 Å². The van der Waals surface area contributed by atoms with Crippen molar-refractivity contribution in [2.45, 2.75) is 119 Å². The van der Waals surface area contributed by atoms with Crippen LogP contribution < -0.4 is 15.3 Å². The van der Waals surface area contributed by atoms with Gasteiger partial charge in [0.25, 0.3) is 0 Å². The number of unbranched alkanes of at least 4 members (excludes halogenated alkanes) is 6. The summed E-state index contributed by atoms with van der Waals surface area (Å²) in [5, 5.41) is 32.1. The minimum atomic E-state index is -0.197. The molecule has 0 bridgehead atoms. The Morgan fingerprint density at radius 3 is 0.622 bits per heavy atom. The molecule has 0 amide bonds. The molecule has 0 aromatic carbocycles. The molecule has 0 aliphatic rings. The molecule has 0 aromatic rings. The molecule has 0 saturated heterocycles. The standard InChI is InChI=1S/3C9H19NOS.Fe/c3*1-3-5-7-10(9(11)12)8-6-4-2;/h3*3-8H2,1-2H3,(H,11,12);/q;;;+3/p-3. The van der Waals surface area contributed by atoms with Crippen LogP contribution in [0.25, 0.3) is 0 Å². The molecule has 0 aromatic heterocycles. The molecule has 6 nitrogen and oxygen atoms in total. The van der Waals surface area contributed by atoms with Crippen LogP contribution in [0.1, 0.15) is 119 Å². The second kappa shape index (κ2) is 33.6. The molecule has 0 saturated carbocycles. The molecular weight excluding hydrogens is 566 g/mol. The van der Waals surface area contributed by atoms with Gasteiger partial charge in [0, 0.05) is 54.8 Å². The molecule has 0 spiro atoms. The summed E-state index contributed by atoms with van der Waals surface area (Å²) < 4.78 is 0. The minimum absolute atomic E-state index is 0. The van der Waals surface area contributed by atoms with E-state index in [1.54, 1.807) is 14.7 Å². The van der Waals surface area contributed by atoms with Crippen molar-refractivity contribution in [3.63, 3.8) is 0 Å². The van der Waals surface area contributed by atoms with Gasteiger partial charge in [-0.2, -0.15) is 0 Å². The van der Waals surface area contributed by atoms with E-state index in [0.29, 0.717) is 0 Å². The number of nitrogens with zero attached hydrogens (tertiary/aromatic N) is 3. The van der Waals surface area contributed by atoms with Gasteiger partial charge in [-0.3, -0.25) is 0 Å². The maximum Gasteiger partial charge on any atom is 3.00 e. The quantitative estimate of drug-likeness (QED) is 0.161. The molecule has 0 heterocycles. The van der Waals surface area contributed by atoms with Crippen molar-refractivity contribution in [2.75, 3.05) is 39.3 Å². The van der Waals surface area contributed by atoms with E-state index in [-0.39, 0.29) is 32.6 Å². The maximum absolute atomic E-state index is 10.9. The molecule has 0 rings (SSSR count). The van der Waals surface area contributed by atoms with Crippen LogP contribution in [0, 0.1) is 0 Å². The molecule has 0 fully saturated rings. The van der Waals surface area contributed by atoms with E-state index in [1.807, 2.05) is 0 Å². The van der Waals surface area contributed by atoms with Gasteiger partial charge in [-0.1, -0.05) is 117 Å². The van der Waals surface area contributed by atoms with Crippen LogP contribution in [0.4, 0.5) is 0 Å². The Bertz CT molecular complexity index is 437. The number of hydrogen-bond donors (Lipinski definition) is 0. The third-order valence-corrected chi connectivity index (χ3v) is 6.24. The first kappa shape index (κ1) is 43.6. The van der Waals surface area contributed by atoms with Gasteiger partial charge in [0.05, 0.1) is 0 Å². The molecule has 0 N–H and O–H groups in total. The zero-order valence-electron chi connectivity index (χ0n) is 24.4. The third kappa shape index (κ3) is 31.7. The van der Waals surface area contributed by atoms with E-state index in [2.05, 4.69) is 78.2 Å². The second-order valence-corrected chi connectivity index (χ2v) is 9.93. The van der Waals surface area contributed by atoms with Crippen LogP contribution in [0.5, 0.6) is 0 Å². The van der Waals surface area contributed by atoms with Gasteiger partial charge in [-0.05, 0) is 38.5 Å². The van der Waals surface area contributed by atoms with Crippen molar-refractivity contribution < 1.29 is 32.4 Å². The summed E-state index contributed by atoms with van der Waals surface area (Å²) >= 11 is 13.8. The van der Waals surface area contributed by atoms with Crippen molar-refractivity contribution in [3.8, 4) is 0 Å². The SMILES string of the molecule is CCCCN(CCCC)C([O-])=S.CCCCN(CCCC)C([O-])=S.CCCCN(CCCC)C([O-])=S.[Fe+3]. The van der Waals surface area contributed by atoms with Gasteiger partial charge in [-0.15, -0.1) is 0 Å². The van der Waals surface area contributed by atoms with Crippen LogP contribution in [-0.2, 0) is 17.1 Å². The Morgan fingerprint density at radius 1 is 0.405 bits per heavy atom. The van der Waals surface area contributed by atoms with E-state index in [1.165, 1.54) is 0 Å². The van der Waals surface area contributed by atoms with E-state index in [4.69, 9.17) is 0 Å². The normalized spacial score (nSPS) is 9.57. The first-order valence-corrected chi connectivity index (χ1v) is 15.3. The molecule has 0 unspecified atom stereocenters. The Kier molecular flexibility index (Phi) is 39.6. The van der Waals surface area contributed by atoms with Crippen LogP contribution in [0.2, 0.25) is 0 Å². The van der Waals surface area contributed by atoms with Crippen molar-refractivity contribution in [1.82, 2.24) is 14.7 Å². The molecule has 10 heteroatoms. The van der Waals surface area contributed by atoms with Gasteiger partial charge >= 0.3 is 17.1 Å². The molecule has 1 radical (unpaired) electrons. The Labute approximate surface area is 256 Å². The third-order valence-electron chi connectivity index (χ3n) is 5.46. The number of hydrogen-bond acceptors (Lipinski definition) is 6. The average molecular weight is 621 g/mol. The first-order chi connectivity index (χ1) is 17.2. The Hall–Kier alpha value is -0.411. The monoisotopic (exact) mass is 620 g/mol. The van der Waals surface area contributed by atoms with E-state index >= 15 is 0 Å². The minimum Gasteiger partial charge on any atom is -0.852 e. The van der Waals surface area contributed by atoms with Gasteiger partial charge in [-0.25, -0.2) is 0 Å². The van der Waals surface area contributed by atoms with Crippen LogP contribution in [-0.4, -0.2) is 69.5 Å². The molecule has 0 aliphatic heterocycles. The fourth-order valence-corrected chi connectivity index (χ4v) is 3.52. The summed E-state index contributed by atoms with van der Waals surface area (Å²) in [4.78, 5) is 5.30. The fourth-order valence-electron chi connectivity index (χ4n) is 2.98. The summed E-state index contributed by atoms with van der Waals surface area (Å²) in [5.41, 5.74) is 0. The van der Waals surface area contributed by atoms with E-state index in [9.17, 15) is 15.3 Å². The molecular formula is C27H54FeN3O3S3. The summed E-state index contributed by atoms with van der Waals surface area (Å²) in [6.45, 7) is 17.7. The van der Waals surface area contributed by atoms with E-state index < -0.39 is 0 Å². The second-order valence-electron chi connectivity index (χ2n) is 8.88. The smallest absolute Gasteiger partial charge is 0.852 e. The predicted octanol–water partition coefficient (Wildman–Crippen LogP) is 4.60. The largest absolute Gasteiger partial charge is 3.00 e. The molecule has 0 aliphatic carbocycles. The Balaban J connectivity index is -0.000000218. The average Bonchev–Trinajstić information content (AvgIpc) is 2.84. The van der Waals surface area contributed by atoms with Gasteiger partial charge in [0.15, 0.2) is 0 Å². The summed E-state index contributed by atoms with van der Waals surface area (Å²) in [6, 6.07) is 0. The Morgan fingerprint density at radius 2 is 0.541 bits per heavy atom. The first-order valence-electron chi connectivity index (χ1n) is 14.0. The zero-order valence-corrected chi connectivity index (χ0v) is 27.9. The maximum atomic E-state index is 10.9. The molecule has 37 heavy (non-hydrogen) atoms. The summed E-state index contributed by atoms with van der Waals surface area (Å²) in [5.74, 6) is 0. The van der Waals surface area contributed by atoms with Crippen molar-refractivity contribution >= 4 is 52.2 Å². The number of thiocarbonyl (C=S) groups is 3. The van der Waals surface area contributed by atoms with Gasteiger partial charge in [0.2, 0.25) is 0 Å². The van der Waals surface area contributed by atoms with Crippen LogP contribution in [0.3, 0.4) is 0 Å².